The van der Waals surface area contributed by atoms with Crippen LogP contribution in [-0.2, 0) is 9.47 Å². The molecule has 1 aromatic rings. The van der Waals surface area contributed by atoms with E-state index in [4.69, 9.17) is 9.47 Å². The van der Waals surface area contributed by atoms with E-state index in [1.54, 1.807) is 11.8 Å². The van der Waals surface area contributed by atoms with E-state index in [9.17, 15) is 5.11 Å². The van der Waals surface area contributed by atoms with E-state index in [-0.39, 0.29) is 5.75 Å². The number of halogens is 1. The van der Waals surface area contributed by atoms with Gasteiger partial charge in [0.1, 0.15) is 5.75 Å². The van der Waals surface area contributed by atoms with Gasteiger partial charge >= 0.3 is 0 Å². The molecule has 0 unspecified atom stereocenters. The predicted molar refractivity (Wildman–Crippen MR) is 64.3 cm³/mol. The maximum absolute atomic E-state index is 9.83. The van der Waals surface area contributed by atoms with Crippen LogP contribution in [0.25, 0.3) is 0 Å². The van der Waals surface area contributed by atoms with Crippen molar-refractivity contribution in [3.8, 4) is 5.75 Å². The average Bonchev–Trinajstić information content (AvgIpc) is 2.25. The van der Waals surface area contributed by atoms with Crippen LogP contribution >= 0.6 is 27.7 Å². The summed E-state index contributed by atoms with van der Waals surface area (Å²) in [6, 6.07) is 3.70. The molecule has 0 bridgehead atoms. The molecule has 0 atom stereocenters. The third-order valence-electron chi connectivity index (χ3n) is 1.98. The summed E-state index contributed by atoms with van der Waals surface area (Å²) in [5.41, 5.74) is 0.624. The minimum absolute atomic E-state index is 0.154. The normalized spacial score (nSPS) is 11.0. The van der Waals surface area contributed by atoms with Crippen LogP contribution in [0.2, 0.25) is 0 Å². The molecule has 0 saturated heterocycles. The van der Waals surface area contributed by atoms with Crippen LogP contribution in [0.5, 0.6) is 5.75 Å². The van der Waals surface area contributed by atoms with Crippen LogP contribution in [-0.4, -0.2) is 25.6 Å². The molecule has 0 aliphatic rings. The number of hydrogen-bond donors (Lipinski definition) is 1. The summed E-state index contributed by atoms with van der Waals surface area (Å²) < 4.78 is 10.9. The van der Waals surface area contributed by atoms with Gasteiger partial charge in [-0.1, -0.05) is 0 Å². The van der Waals surface area contributed by atoms with E-state index >= 15 is 0 Å². The number of phenolic OH excluding ortho intramolecular Hbond substituents is 1. The third-order valence-corrected chi connectivity index (χ3v) is 3.30. The van der Waals surface area contributed by atoms with Crippen molar-refractivity contribution in [2.75, 3.05) is 20.5 Å². The summed E-state index contributed by atoms with van der Waals surface area (Å²) in [5, 5.41) is 9.83. The highest BCUT2D eigenvalue weighted by molar-refractivity contribution is 9.10. The zero-order chi connectivity index (χ0) is 11.4. The molecule has 0 saturated carbocycles. The van der Waals surface area contributed by atoms with Crippen LogP contribution in [0.4, 0.5) is 0 Å². The number of phenols is 1. The molecule has 0 fully saturated rings. The summed E-state index contributed by atoms with van der Waals surface area (Å²) >= 11 is 4.88. The van der Waals surface area contributed by atoms with Crippen LogP contribution in [0.1, 0.15) is 11.9 Å². The van der Waals surface area contributed by atoms with Crippen molar-refractivity contribution in [1.82, 2.24) is 0 Å². The smallest absolute Gasteiger partial charge is 0.186 e. The first-order valence-corrected chi connectivity index (χ1v) is 6.27. The van der Waals surface area contributed by atoms with Crippen molar-refractivity contribution in [3.63, 3.8) is 0 Å². The highest BCUT2D eigenvalue weighted by Crippen LogP contribution is 2.37. The number of hydrogen-bond acceptors (Lipinski definition) is 4. The van der Waals surface area contributed by atoms with Crippen molar-refractivity contribution in [2.24, 2.45) is 0 Å². The number of ether oxygens (including phenoxy) is 2. The number of methoxy groups -OCH3 is 2. The highest BCUT2D eigenvalue weighted by Gasteiger charge is 2.17. The monoisotopic (exact) mass is 292 g/mol. The lowest BCUT2D eigenvalue weighted by Gasteiger charge is -2.16. The Labute approximate surface area is 102 Å². The zero-order valence-electron chi connectivity index (χ0n) is 8.78. The molecule has 1 rings (SSSR count). The third kappa shape index (κ3) is 2.87. The Morgan fingerprint density at radius 3 is 2.40 bits per heavy atom. The van der Waals surface area contributed by atoms with Gasteiger partial charge in [0.25, 0.3) is 0 Å². The summed E-state index contributed by atoms with van der Waals surface area (Å²) in [6.07, 6.45) is 1.42. The minimum atomic E-state index is -0.548. The van der Waals surface area contributed by atoms with Gasteiger partial charge in [-0.3, -0.25) is 0 Å². The van der Waals surface area contributed by atoms with Crippen molar-refractivity contribution >= 4 is 27.7 Å². The quantitative estimate of drug-likeness (QED) is 0.683. The first-order valence-electron chi connectivity index (χ1n) is 4.26. The molecule has 1 N–H and O–H groups in total. The number of rotatable bonds is 4. The van der Waals surface area contributed by atoms with Gasteiger partial charge in [-0.05, 0) is 34.3 Å². The minimum Gasteiger partial charge on any atom is -0.506 e. The van der Waals surface area contributed by atoms with Crippen LogP contribution in [0.15, 0.2) is 21.5 Å². The maximum atomic E-state index is 9.83. The SMILES string of the molecule is COC(OC)c1cc(SC)cc(Br)c1O. The van der Waals surface area contributed by atoms with E-state index < -0.39 is 6.29 Å². The van der Waals surface area contributed by atoms with Gasteiger partial charge in [0.05, 0.1) is 10.0 Å². The molecule has 0 aliphatic carbocycles. The molecule has 0 amide bonds. The fraction of sp³-hybridized carbons (Fsp3) is 0.400. The van der Waals surface area contributed by atoms with Gasteiger partial charge in [-0.15, -0.1) is 11.8 Å². The van der Waals surface area contributed by atoms with Crippen LogP contribution in [0, 0.1) is 0 Å². The molecule has 0 aromatic heterocycles. The molecular formula is C10H13BrO3S. The molecule has 0 heterocycles. The van der Waals surface area contributed by atoms with Crippen molar-refractivity contribution in [2.45, 2.75) is 11.2 Å². The summed E-state index contributed by atoms with van der Waals surface area (Å²) in [6.45, 7) is 0. The van der Waals surface area contributed by atoms with Crippen LogP contribution in [0.3, 0.4) is 0 Å². The first kappa shape index (κ1) is 12.8. The maximum Gasteiger partial charge on any atom is 0.186 e. The topological polar surface area (TPSA) is 38.7 Å². The molecule has 84 valence electrons. The van der Waals surface area contributed by atoms with Crippen LogP contribution < -0.4 is 0 Å². The standard InChI is InChI=1S/C10H13BrO3S/c1-13-10(14-2)7-4-6(15-3)5-8(11)9(7)12/h4-5,10,12H,1-3H3. The molecule has 3 nitrogen and oxygen atoms in total. The Kier molecular flexibility index (Phi) is 4.92. The predicted octanol–water partition coefficient (Wildman–Crippen LogP) is 3.17. The number of benzene rings is 1. The largest absolute Gasteiger partial charge is 0.506 e. The zero-order valence-corrected chi connectivity index (χ0v) is 11.2. The Morgan fingerprint density at radius 2 is 1.93 bits per heavy atom. The van der Waals surface area contributed by atoms with Crippen molar-refractivity contribution in [1.29, 1.82) is 0 Å². The van der Waals surface area contributed by atoms with Gasteiger partial charge < -0.3 is 14.6 Å². The molecule has 15 heavy (non-hydrogen) atoms. The van der Waals surface area contributed by atoms with Gasteiger partial charge in [-0.2, -0.15) is 0 Å². The van der Waals surface area contributed by atoms with E-state index in [1.165, 1.54) is 14.2 Å². The highest BCUT2D eigenvalue weighted by atomic mass is 79.9. The Bertz CT molecular complexity index is 340. The molecule has 0 aliphatic heterocycles. The van der Waals surface area contributed by atoms with Gasteiger partial charge in [0.2, 0.25) is 0 Å². The number of aromatic hydroxyl groups is 1. The Morgan fingerprint density at radius 1 is 1.33 bits per heavy atom. The Hall–Kier alpha value is -0.230. The second-order valence-corrected chi connectivity index (χ2v) is 4.58. The van der Waals surface area contributed by atoms with E-state index in [2.05, 4.69) is 15.9 Å². The molecule has 1 aromatic carbocycles. The lowest BCUT2D eigenvalue weighted by molar-refractivity contribution is -0.107. The summed E-state index contributed by atoms with van der Waals surface area (Å²) in [4.78, 5) is 1.04. The molecule has 5 heteroatoms. The van der Waals surface area contributed by atoms with Crippen molar-refractivity contribution in [3.05, 3.63) is 22.2 Å². The fourth-order valence-corrected chi connectivity index (χ4v) is 2.35. The molecular weight excluding hydrogens is 280 g/mol. The Balaban J connectivity index is 3.20. The average molecular weight is 293 g/mol. The van der Waals surface area contributed by atoms with Gasteiger partial charge in [0, 0.05) is 19.1 Å². The van der Waals surface area contributed by atoms with E-state index in [0.717, 1.165) is 4.90 Å². The van der Waals surface area contributed by atoms with E-state index in [0.29, 0.717) is 10.0 Å². The lowest BCUT2D eigenvalue weighted by atomic mass is 10.2. The fourth-order valence-electron chi connectivity index (χ4n) is 1.24. The van der Waals surface area contributed by atoms with E-state index in [1.807, 2.05) is 18.4 Å². The van der Waals surface area contributed by atoms with Gasteiger partial charge in [-0.25, -0.2) is 0 Å². The lowest BCUT2D eigenvalue weighted by Crippen LogP contribution is -2.04. The number of thioether (sulfide) groups is 1. The molecule has 0 spiro atoms. The molecule has 0 radical (unpaired) electrons. The second kappa shape index (κ2) is 5.75. The van der Waals surface area contributed by atoms with Crippen molar-refractivity contribution < 1.29 is 14.6 Å². The summed E-state index contributed by atoms with van der Waals surface area (Å²) in [5.74, 6) is 0.154. The first-order chi connectivity index (χ1) is 7.13. The van der Waals surface area contributed by atoms with Gasteiger partial charge in [0.15, 0.2) is 6.29 Å². The summed E-state index contributed by atoms with van der Waals surface area (Å²) in [7, 11) is 3.07. The second-order valence-electron chi connectivity index (χ2n) is 2.85.